The summed E-state index contributed by atoms with van der Waals surface area (Å²) in [6, 6.07) is 10.9. The van der Waals surface area contributed by atoms with Gasteiger partial charge in [-0.1, -0.05) is 0 Å². The molecule has 2 aliphatic rings. The Morgan fingerprint density at radius 1 is 1.30 bits per heavy atom. The van der Waals surface area contributed by atoms with Crippen LogP contribution in [-0.2, 0) is 0 Å². The molecule has 1 N–H and O–H groups in total. The average molecular weight is 306 g/mol. The first-order valence-electron chi connectivity index (χ1n) is 8.48. The third-order valence-electron chi connectivity index (χ3n) is 5.61. The van der Waals surface area contributed by atoms with Gasteiger partial charge in [0.15, 0.2) is 0 Å². The molecule has 118 valence electrons. The molecule has 4 nitrogen and oxygen atoms in total. The van der Waals surface area contributed by atoms with E-state index in [-0.39, 0.29) is 0 Å². The van der Waals surface area contributed by atoms with Gasteiger partial charge in [0.25, 0.3) is 0 Å². The second-order valence-corrected chi connectivity index (χ2v) is 7.07. The number of aromatic nitrogens is 1. The van der Waals surface area contributed by atoms with E-state index in [0.717, 1.165) is 30.5 Å². The van der Waals surface area contributed by atoms with Gasteiger partial charge in [0, 0.05) is 29.9 Å². The van der Waals surface area contributed by atoms with E-state index in [0.29, 0.717) is 17.0 Å². The van der Waals surface area contributed by atoms with E-state index in [1.54, 1.807) is 6.20 Å². The predicted octanol–water partition coefficient (Wildman–Crippen LogP) is 3.07. The lowest BCUT2D eigenvalue weighted by molar-refractivity contribution is 0.227. The first kappa shape index (κ1) is 14.5. The molecule has 1 aromatic carbocycles. The molecule has 2 aliphatic heterocycles. The molecule has 3 heterocycles. The summed E-state index contributed by atoms with van der Waals surface area (Å²) in [6.45, 7) is 5.72. The van der Waals surface area contributed by atoms with Crippen molar-refractivity contribution in [2.24, 2.45) is 5.41 Å². The molecule has 1 unspecified atom stereocenters. The second kappa shape index (κ2) is 5.50. The van der Waals surface area contributed by atoms with E-state index in [4.69, 9.17) is 0 Å². The van der Waals surface area contributed by atoms with E-state index in [1.807, 2.05) is 12.1 Å². The van der Waals surface area contributed by atoms with Crippen LogP contribution in [0.2, 0.25) is 0 Å². The Balaban J connectivity index is 1.76. The normalized spacial score (nSPS) is 23.3. The fraction of sp³-hybridized carbons (Fsp3) is 0.474. The zero-order chi connectivity index (χ0) is 15.9. The second-order valence-electron chi connectivity index (χ2n) is 7.07. The van der Waals surface area contributed by atoms with Crippen molar-refractivity contribution in [2.45, 2.75) is 32.2 Å². The number of pyridine rings is 1. The Labute approximate surface area is 137 Å². The summed E-state index contributed by atoms with van der Waals surface area (Å²) < 4.78 is 0. The van der Waals surface area contributed by atoms with Gasteiger partial charge in [-0.15, -0.1) is 0 Å². The van der Waals surface area contributed by atoms with Crippen LogP contribution in [0.4, 0.5) is 5.69 Å². The largest absolute Gasteiger partial charge is 0.368 e. The first-order chi connectivity index (χ1) is 11.2. The molecule has 2 saturated heterocycles. The smallest absolute Gasteiger partial charge is 0.101 e. The van der Waals surface area contributed by atoms with Crippen molar-refractivity contribution in [3.05, 3.63) is 36.0 Å². The summed E-state index contributed by atoms with van der Waals surface area (Å²) in [4.78, 5) is 6.99. The van der Waals surface area contributed by atoms with Crippen molar-refractivity contribution in [1.29, 1.82) is 5.26 Å². The van der Waals surface area contributed by atoms with Crippen LogP contribution in [0.5, 0.6) is 0 Å². The maximum atomic E-state index is 9.33. The SMILES string of the molecule is CC1CC2(CCNCC2)CN1c1ccc(C#N)c2ncccc12. The van der Waals surface area contributed by atoms with Gasteiger partial charge in [0.05, 0.1) is 11.1 Å². The van der Waals surface area contributed by atoms with Gasteiger partial charge in [-0.05, 0) is 69.0 Å². The van der Waals surface area contributed by atoms with Crippen LogP contribution >= 0.6 is 0 Å². The highest BCUT2D eigenvalue weighted by atomic mass is 15.2. The van der Waals surface area contributed by atoms with E-state index >= 15 is 0 Å². The highest BCUT2D eigenvalue weighted by Gasteiger charge is 2.43. The fourth-order valence-electron chi connectivity index (χ4n) is 4.46. The highest BCUT2D eigenvalue weighted by Crippen LogP contribution is 2.45. The maximum absolute atomic E-state index is 9.33. The molecule has 0 aliphatic carbocycles. The zero-order valence-electron chi connectivity index (χ0n) is 13.5. The number of nitrogens with zero attached hydrogens (tertiary/aromatic N) is 3. The Hall–Kier alpha value is -2.12. The van der Waals surface area contributed by atoms with Crippen molar-refractivity contribution in [2.75, 3.05) is 24.5 Å². The van der Waals surface area contributed by atoms with Gasteiger partial charge in [-0.25, -0.2) is 0 Å². The number of fused-ring (bicyclic) bond motifs is 1. The lowest BCUT2D eigenvalue weighted by Gasteiger charge is -2.34. The van der Waals surface area contributed by atoms with Gasteiger partial charge < -0.3 is 10.2 Å². The van der Waals surface area contributed by atoms with Crippen molar-refractivity contribution < 1.29 is 0 Å². The van der Waals surface area contributed by atoms with Crippen molar-refractivity contribution in [3.63, 3.8) is 0 Å². The Bertz CT molecular complexity index is 771. The average Bonchev–Trinajstić information content (AvgIpc) is 2.90. The van der Waals surface area contributed by atoms with E-state index in [2.05, 4.69) is 40.3 Å². The summed E-state index contributed by atoms with van der Waals surface area (Å²) in [6.07, 6.45) is 5.56. The van der Waals surface area contributed by atoms with Gasteiger partial charge in [-0.2, -0.15) is 5.26 Å². The Morgan fingerprint density at radius 3 is 2.91 bits per heavy atom. The molecular weight excluding hydrogens is 284 g/mol. The number of rotatable bonds is 1. The van der Waals surface area contributed by atoms with Crippen LogP contribution in [-0.4, -0.2) is 30.7 Å². The van der Waals surface area contributed by atoms with E-state index in [9.17, 15) is 5.26 Å². The summed E-state index contributed by atoms with van der Waals surface area (Å²) in [7, 11) is 0. The molecule has 2 fully saturated rings. The first-order valence-corrected chi connectivity index (χ1v) is 8.48. The van der Waals surface area contributed by atoms with Gasteiger partial charge in [-0.3, -0.25) is 4.98 Å². The molecule has 0 amide bonds. The zero-order valence-corrected chi connectivity index (χ0v) is 13.5. The minimum Gasteiger partial charge on any atom is -0.368 e. The van der Waals surface area contributed by atoms with Crippen LogP contribution < -0.4 is 10.2 Å². The van der Waals surface area contributed by atoms with E-state index < -0.39 is 0 Å². The van der Waals surface area contributed by atoms with Crippen LogP contribution in [0.3, 0.4) is 0 Å². The van der Waals surface area contributed by atoms with Gasteiger partial charge in [0.1, 0.15) is 6.07 Å². The van der Waals surface area contributed by atoms with Crippen LogP contribution in [0.15, 0.2) is 30.5 Å². The molecule has 4 rings (SSSR count). The molecule has 0 radical (unpaired) electrons. The van der Waals surface area contributed by atoms with E-state index in [1.165, 1.54) is 24.9 Å². The molecule has 4 heteroatoms. The predicted molar refractivity (Wildman–Crippen MR) is 92.4 cm³/mol. The molecule has 0 saturated carbocycles. The number of nitriles is 1. The van der Waals surface area contributed by atoms with Crippen molar-refractivity contribution >= 4 is 16.6 Å². The number of piperidine rings is 1. The number of hydrogen-bond donors (Lipinski definition) is 1. The number of hydrogen-bond acceptors (Lipinski definition) is 4. The minimum absolute atomic E-state index is 0.451. The van der Waals surface area contributed by atoms with Gasteiger partial charge in [0.2, 0.25) is 0 Å². The summed E-state index contributed by atoms with van der Waals surface area (Å²) in [5, 5.41) is 13.9. The number of nitrogens with one attached hydrogen (secondary N) is 1. The summed E-state index contributed by atoms with van der Waals surface area (Å²) in [5.41, 5.74) is 3.17. The van der Waals surface area contributed by atoms with Crippen LogP contribution in [0, 0.1) is 16.7 Å². The topological polar surface area (TPSA) is 52.0 Å². The molecular formula is C19H22N4. The van der Waals surface area contributed by atoms with Crippen molar-refractivity contribution in [1.82, 2.24) is 10.3 Å². The standard InChI is InChI=1S/C19H22N4/c1-14-11-19(6-9-21-10-7-19)13-23(14)17-5-4-15(12-20)18-16(17)3-2-8-22-18/h2-5,8,14,21H,6-7,9-11,13H2,1H3. The molecule has 1 atom stereocenters. The lowest BCUT2D eigenvalue weighted by atomic mass is 9.77. The quantitative estimate of drug-likeness (QED) is 0.879. The molecule has 0 bridgehead atoms. The molecule has 1 spiro atoms. The molecule has 1 aromatic heterocycles. The minimum atomic E-state index is 0.451. The monoisotopic (exact) mass is 306 g/mol. The molecule has 23 heavy (non-hydrogen) atoms. The van der Waals surface area contributed by atoms with Crippen LogP contribution in [0.25, 0.3) is 10.9 Å². The molecule has 2 aromatic rings. The maximum Gasteiger partial charge on any atom is 0.101 e. The summed E-state index contributed by atoms with van der Waals surface area (Å²) >= 11 is 0. The Kier molecular flexibility index (Phi) is 3.46. The Morgan fingerprint density at radius 2 is 2.13 bits per heavy atom. The number of benzene rings is 1. The summed E-state index contributed by atoms with van der Waals surface area (Å²) in [5.74, 6) is 0. The van der Waals surface area contributed by atoms with Crippen molar-refractivity contribution in [3.8, 4) is 6.07 Å². The number of anilines is 1. The highest BCUT2D eigenvalue weighted by molar-refractivity contribution is 5.95. The third-order valence-corrected chi connectivity index (χ3v) is 5.61. The van der Waals surface area contributed by atoms with Crippen LogP contribution in [0.1, 0.15) is 31.7 Å². The fourth-order valence-corrected chi connectivity index (χ4v) is 4.46. The van der Waals surface area contributed by atoms with Gasteiger partial charge >= 0.3 is 0 Å². The lowest BCUT2D eigenvalue weighted by Crippen LogP contribution is -2.38. The third kappa shape index (κ3) is 2.36.